The van der Waals surface area contributed by atoms with E-state index in [4.69, 9.17) is 0 Å². The number of urea groups is 1. The average molecular weight is 402 g/mol. The Kier molecular flexibility index (Phi) is 4.86. The zero-order valence-corrected chi connectivity index (χ0v) is 16.8. The fraction of sp³-hybridized carbons (Fsp3) is 0.0870. The van der Waals surface area contributed by atoms with Gasteiger partial charge in [-0.25, -0.2) is 14.6 Å². The van der Waals surface area contributed by atoms with Crippen LogP contribution in [0.25, 0.3) is 6.08 Å². The number of thiophene rings is 1. The smallest absolute Gasteiger partial charge is 0.268 e. The molecule has 29 heavy (non-hydrogen) atoms. The monoisotopic (exact) mass is 402 g/mol. The zero-order valence-electron chi connectivity index (χ0n) is 16.0. The third kappa shape index (κ3) is 3.50. The van der Waals surface area contributed by atoms with Gasteiger partial charge in [0.15, 0.2) is 0 Å². The Morgan fingerprint density at radius 2 is 1.31 bits per heavy atom. The molecule has 144 valence electrons. The molecular formula is C23H18N2O3S. The summed E-state index contributed by atoms with van der Waals surface area (Å²) in [6.07, 6.45) is 1.55. The number of nitrogens with zero attached hydrogens (tertiary/aromatic N) is 2. The van der Waals surface area contributed by atoms with Crippen molar-refractivity contribution in [3.8, 4) is 0 Å². The van der Waals surface area contributed by atoms with E-state index in [1.54, 1.807) is 42.5 Å². The predicted molar refractivity (Wildman–Crippen MR) is 115 cm³/mol. The Morgan fingerprint density at radius 1 is 0.759 bits per heavy atom. The van der Waals surface area contributed by atoms with Gasteiger partial charge in [-0.15, -0.1) is 11.3 Å². The van der Waals surface area contributed by atoms with E-state index in [0.29, 0.717) is 11.4 Å². The van der Waals surface area contributed by atoms with Gasteiger partial charge in [-0.3, -0.25) is 9.59 Å². The number of amides is 4. The minimum Gasteiger partial charge on any atom is -0.268 e. The molecule has 0 radical (unpaired) electrons. The summed E-state index contributed by atoms with van der Waals surface area (Å²) in [5.74, 6) is -1.24. The number of rotatable bonds is 3. The summed E-state index contributed by atoms with van der Waals surface area (Å²) in [5.41, 5.74) is 2.64. The third-order valence-corrected chi connectivity index (χ3v) is 5.42. The lowest BCUT2D eigenvalue weighted by atomic mass is 10.1. The number of carbonyl (C=O) groups excluding carboxylic acids is 3. The number of carbonyl (C=O) groups is 3. The Bertz CT molecular complexity index is 1080. The van der Waals surface area contributed by atoms with Crippen molar-refractivity contribution in [3.05, 3.63) is 87.6 Å². The molecule has 0 unspecified atom stereocenters. The van der Waals surface area contributed by atoms with E-state index in [0.717, 1.165) is 25.8 Å². The summed E-state index contributed by atoms with van der Waals surface area (Å²) < 4.78 is 0. The number of barbiturate groups is 1. The van der Waals surface area contributed by atoms with Crippen LogP contribution in [0.1, 0.15) is 16.0 Å². The minimum atomic E-state index is -0.681. The lowest BCUT2D eigenvalue weighted by Gasteiger charge is -2.34. The maximum atomic E-state index is 13.3. The third-order valence-electron chi connectivity index (χ3n) is 4.60. The fourth-order valence-electron chi connectivity index (χ4n) is 3.23. The average Bonchev–Trinajstić information content (AvgIpc) is 3.19. The van der Waals surface area contributed by atoms with Gasteiger partial charge in [0.05, 0.1) is 11.4 Å². The summed E-state index contributed by atoms with van der Waals surface area (Å²) in [5, 5.41) is 1.87. The molecule has 1 fully saturated rings. The summed E-state index contributed by atoms with van der Waals surface area (Å²) in [6.45, 7) is 3.77. The van der Waals surface area contributed by atoms with Gasteiger partial charge < -0.3 is 0 Å². The SMILES string of the molecule is Cc1cccc(N2C(=O)C(=Cc3cccs3)C(=O)N(c3cccc(C)c3)C2=O)c1. The van der Waals surface area contributed by atoms with Crippen molar-refractivity contribution >= 4 is 46.6 Å². The molecule has 0 saturated carbocycles. The first-order valence-electron chi connectivity index (χ1n) is 9.07. The Morgan fingerprint density at radius 3 is 1.76 bits per heavy atom. The molecule has 4 amide bonds. The van der Waals surface area contributed by atoms with E-state index in [1.807, 2.05) is 43.5 Å². The minimum absolute atomic E-state index is 0.0462. The summed E-state index contributed by atoms with van der Waals surface area (Å²) in [7, 11) is 0. The highest BCUT2D eigenvalue weighted by Crippen LogP contribution is 2.30. The van der Waals surface area contributed by atoms with Crippen molar-refractivity contribution in [1.82, 2.24) is 0 Å². The molecule has 0 atom stereocenters. The maximum absolute atomic E-state index is 13.3. The maximum Gasteiger partial charge on any atom is 0.343 e. The van der Waals surface area contributed by atoms with Gasteiger partial charge in [0.1, 0.15) is 5.57 Å². The zero-order chi connectivity index (χ0) is 20.5. The lowest BCUT2D eigenvalue weighted by molar-refractivity contribution is -0.121. The molecule has 1 aromatic heterocycles. The van der Waals surface area contributed by atoms with Crippen molar-refractivity contribution in [2.45, 2.75) is 13.8 Å². The number of aryl methyl sites for hydroxylation is 2. The van der Waals surface area contributed by atoms with E-state index in [-0.39, 0.29) is 5.57 Å². The fourth-order valence-corrected chi connectivity index (χ4v) is 3.89. The van der Waals surface area contributed by atoms with Crippen molar-refractivity contribution in [2.75, 3.05) is 9.80 Å². The van der Waals surface area contributed by atoms with E-state index >= 15 is 0 Å². The molecule has 3 aromatic rings. The van der Waals surface area contributed by atoms with Crippen LogP contribution in [0, 0.1) is 13.8 Å². The molecule has 1 saturated heterocycles. The molecule has 0 bridgehead atoms. The highest BCUT2D eigenvalue weighted by atomic mass is 32.1. The molecule has 2 aromatic carbocycles. The second-order valence-corrected chi connectivity index (χ2v) is 7.79. The first-order valence-corrected chi connectivity index (χ1v) is 9.95. The number of anilines is 2. The molecule has 0 N–H and O–H groups in total. The van der Waals surface area contributed by atoms with E-state index < -0.39 is 17.8 Å². The number of hydrogen-bond acceptors (Lipinski definition) is 4. The topological polar surface area (TPSA) is 57.7 Å². The standard InChI is InChI=1S/C23H18N2O3S/c1-15-6-3-8-17(12-15)24-21(26)20(14-19-10-5-11-29-19)22(27)25(23(24)28)18-9-4-7-16(2)13-18/h3-14H,1-2H3. The first kappa shape index (κ1) is 18.8. The first-order chi connectivity index (χ1) is 14.0. The molecular weight excluding hydrogens is 384 g/mol. The molecule has 1 aliphatic heterocycles. The normalized spacial score (nSPS) is 14.6. The van der Waals surface area contributed by atoms with Crippen LogP contribution in [0.3, 0.4) is 0 Å². The second-order valence-electron chi connectivity index (χ2n) is 6.82. The van der Waals surface area contributed by atoms with Crippen molar-refractivity contribution in [2.24, 2.45) is 0 Å². The molecule has 0 spiro atoms. The molecule has 5 nitrogen and oxygen atoms in total. The largest absolute Gasteiger partial charge is 0.343 e. The van der Waals surface area contributed by atoms with E-state index in [1.165, 1.54) is 11.3 Å². The summed E-state index contributed by atoms with van der Waals surface area (Å²) in [6, 6.07) is 17.2. The highest BCUT2D eigenvalue weighted by Gasteiger charge is 2.43. The molecule has 1 aliphatic rings. The van der Waals surface area contributed by atoms with Crippen LogP contribution in [-0.4, -0.2) is 17.8 Å². The van der Waals surface area contributed by atoms with Crippen molar-refractivity contribution in [1.29, 1.82) is 0 Å². The van der Waals surface area contributed by atoms with E-state index in [2.05, 4.69) is 0 Å². The molecule has 0 aliphatic carbocycles. The van der Waals surface area contributed by atoms with Crippen molar-refractivity contribution < 1.29 is 14.4 Å². The van der Waals surface area contributed by atoms with Gasteiger partial charge in [-0.05, 0) is 66.8 Å². The number of imide groups is 2. The van der Waals surface area contributed by atoms with Gasteiger partial charge in [0.25, 0.3) is 11.8 Å². The summed E-state index contributed by atoms with van der Waals surface area (Å²) >= 11 is 1.42. The Hall–Kier alpha value is -3.51. The van der Waals surface area contributed by atoms with Crippen LogP contribution in [0.2, 0.25) is 0 Å². The summed E-state index contributed by atoms with van der Waals surface area (Å²) in [4.78, 5) is 42.6. The van der Waals surface area contributed by atoms with Gasteiger partial charge in [-0.1, -0.05) is 30.3 Å². The molecule has 4 rings (SSSR count). The Labute approximate surface area is 172 Å². The van der Waals surface area contributed by atoms with Crippen LogP contribution < -0.4 is 9.80 Å². The van der Waals surface area contributed by atoms with Gasteiger partial charge in [0, 0.05) is 4.88 Å². The van der Waals surface area contributed by atoms with E-state index in [9.17, 15) is 14.4 Å². The number of hydrogen-bond donors (Lipinski definition) is 0. The van der Waals surface area contributed by atoms with Crippen LogP contribution in [0.4, 0.5) is 16.2 Å². The van der Waals surface area contributed by atoms with Gasteiger partial charge in [-0.2, -0.15) is 0 Å². The number of benzene rings is 2. The quantitative estimate of drug-likeness (QED) is 0.460. The lowest BCUT2D eigenvalue weighted by Crippen LogP contribution is -2.57. The Balaban J connectivity index is 1.89. The van der Waals surface area contributed by atoms with Gasteiger partial charge >= 0.3 is 6.03 Å². The second kappa shape index (κ2) is 7.48. The van der Waals surface area contributed by atoms with Crippen LogP contribution >= 0.6 is 11.3 Å². The van der Waals surface area contributed by atoms with Crippen LogP contribution in [0.15, 0.2) is 71.6 Å². The predicted octanol–water partition coefficient (Wildman–Crippen LogP) is 4.95. The van der Waals surface area contributed by atoms with Crippen LogP contribution in [-0.2, 0) is 9.59 Å². The molecule has 6 heteroatoms. The van der Waals surface area contributed by atoms with Gasteiger partial charge in [0.2, 0.25) is 0 Å². The molecule has 2 heterocycles. The van der Waals surface area contributed by atoms with Crippen molar-refractivity contribution in [3.63, 3.8) is 0 Å². The van der Waals surface area contributed by atoms with Crippen LogP contribution in [0.5, 0.6) is 0 Å². The highest BCUT2D eigenvalue weighted by molar-refractivity contribution is 7.10.